The summed E-state index contributed by atoms with van der Waals surface area (Å²) in [5.41, 5.74) is 0.214. The quantitative estimate of drug-likeness (QED) is 0.802. The van der Waals surface area contributed by atoms with Crippen LogP contribution in [0.2, 0.25) is 0 Å². The van der Waals surface area contributed by atoms with Crippen molar-refractivity contribution in [1.82, 2.24) is 0 Å². The van der Waals surface area contributed by atoms with Crippen molar-refractivity contribution < 1.29 is 24.5 Å². The van der Waals surface area contributed by atoms with Crippen LogP contribution in [0.1, 0.15) is 21.5 Å². The highest BCUT2D eigenvalue weighted by molar-refractivity contribution is 7.99. The van der Waals surface area contributed by atoms with Crippen LogP contribution in [0.5, 0.6) is 0 Å². The molecule has 3 rings (SSSR count). The molecule has 1 aliphatic rings. The van der Waals surface area contributed by atoms with E-state index in [1.807, 2.05) is 6.07 Å². The lowest BCUT2D eigenvalue weighted by molar-refractivity contribution is -0.143. The van der Waals surface area contributed by atoms with Crippen molar-refractivity contribution in [1.29, 1.82) is 0 Å². The van der Waals surface area contributed by atoms with Crippen LogP contribution >= 0.6 is 11.8 Å². The fourth-order valence-electron chi connectivity index (χ4n) is 2.60. The van der Waals surface area contributed by atoms with E-state index in [2.05, 4.69) is 0 Å². The largest absolute Gasteiger partial charge is 0.478 e. The van der Waals surface area contributed by atoms with Gasteiger partial charge < -0.3 is 14.9 Å². The fraction of sp³-hybridized carbons (Fsp3) is 0.158. The fourth-order valence-corrected chi connectivity index (χ4v) is 3.82. The van der Waals surface area contributed by atoms with E-state index in [0.717, 1.165) is 5.56 Å². The monoisotopic (exact) mass is 356 g/mol. The molecule has 2 atom stereocenters. The number of carboxylic acid groups (broad SMARTS) is 1. The normalized spacial score (nSPS) is 22.4. The molecule has 0 bridgehead atoms. The Hall–Kier alpha value is -2.57. The zero-order chi connectivity index (χ0) is 17.9. The summed E-state index contributed by atoms with van der Waals surface area (Å²) >= 11 is 1.25. The molecule has 128 valence electrons. The lowest BCUT2D eigenvalue weighted by Crippen LogP contribution is -2.44. The maximum Gasteiger partial charge on any atom is 0.335 e. The molecular weight excluding hydrogens is 340 g/mol. The lowest BCUT2D eigenvalue weighted by Gasteiger charge is -2.34. The van der Waals surface area contributed by atoms with Gasteiger partial charge in [-0.05, 0) is 29.3 Å². The molecule has 1 heterocycles. The van der Waals surface area contributed by atoms with E-state index in [1.165, 1.54) is 36.2 Å². The second kappa shape index (κ2) is 7.13. The number of rotatable bonds is 5. The molecule has 0 amide bonds. The van der Waals surface area contributed by atoms with Crippen molar-refractivity contribution in [2.24, 2.45) is 0 Å². The molecule has 0 radical (unpaired) electrons. The van der Waals surface area contributed by atoms with Gasteiger partial charge in [0.1, 0.15) is 10.9 Å². The predicted octanol–water partition coefficient (Wildman–Crippen LogP) is 2.94. The Bertz CT molecular complexity index is 800. The molecule has 25 heavy (non-hydrogen) atoms. The van der Waals surface area contributed by atoms with Gasteiger partial charge in [-0.1, -0.05) is 42.5 Å². The summed E-state index contributed by atoms with van der Waals surface area (Å²) in [4.78, 5) is 23.1. The number of carbonyl (C=O) groups excluding carboxylic acids is 1. The van der Waals surface area contributed by atoms with Crippen molar-refractivity contribution in [3.63, 3.8) is 0 Å². The number of esters is 1. The van der Waals surface area contributed by atoms with E-state index in [-0.39, 0.29) is 5.56 Å². The number of cyclic esters (lactones) is 1. The van der Waals surface area contributed by atoms with E-state index in [4.69, 9.17) is 9.84 Å². The van der Waals surface area contributed by atoms with E-state index >= 15 is 0 Å². The van der Waals surface area contributed by atoms with Crippen molar-refractivity contribution in [3.8, 4) is 0 Å². The molecule has 0 aliphatic carbocycles. The van der Waals surface area contributed by atoms with E-state index in [1.54, 1.807) is 36.4 Å². The number of hydrogen-bond acceptors (Lipinski definition) is 5. The summed E-state index contributed by atoms with van der Waals surface area (Å²) in [6.45, 7) is 0. The minimum absolute atomic E-state index is 0.203. The molecule has 6 heteroatoms. The first-order valence-electron chi connectivity index (χ1n) is 7.60. The molecule has 5 nitrogen and oxygen atoms in total. The van der Waals surface area contributed by atoms with Gasteiger partial charge in [0.15, 0.2) is 0 Å². The summed E-state index contributed by atoms with van der Waals surface area (Å²) in [7, 11) is 0. The number of aliphatic hydroxyl groups is 1. The van der Waals surface area contributed by atoms with Gasteiger partial charge in [-0.15, -0.1) is 11.8 Å². The summed E-state index contributed by atoms with van der Waals surface area (Å²) in [5, 5.41) is 19.2. The molecule has 0 saturated carbocycles. The van der Waals surface area contributed by atoms with Crippen LogP contribution in [0.15, 0.2) is 66.9 Å². The van der Waals surface area contributed by atoms with Gasteiger partial charge in [0, 0.05) is 5.75 Å². The highest BCUT2D eigenvalue weighted by Gasteiger charge is 2.44. The maximum atomic E-state index is 12.2. The van der Waals surface area contributed by atoms with E-state index in [9.17, 15) is 14.7 Å². The first-order chi connectivity index (χ1) is 12.0. The Morgan fingerprint density at radius 1 is 1.12 bits per heavy atom. The molecular formula is C19H16O5S. The minimum atomic E-state index is -1.46. The Balaban J connectivity index is 1.80. The van der Waals surface area contributed by atoms with Gasteiger partial charge in [-0.3, -0.25) is 4.79 Å². The maximum absolute atomic E-state index is 12.2. The number of ether oxygens (including phenoxy) is 1. The van der Waals surface area contributed by atoms with Crippen molar-refractivity contribution in [3.05, 3.63) is 83.6 Å². The molecule has 2 aromatic carbocycles. The standard InChI is InChI=1S/C19H16O5S/c20-17(21)14-8-6-13(7-9-14)12-25-16-18(22)24-11-10-19(16,23)15-4-2-1-3-5-15/h1-11,16,23H,12H2,(H,20,21). The third-order valence-corrected chi connectivity index (χ3v) is 5.36. The molecule has 0 aromatic heterocycles. The zero-order valence-corrected chi connectivity index (χ0v) is 14.0. The van der Waals surface area contributed by atoms with Gasteiger partial charge >= 0.3 is 11.9 Å². The van der Waals surface area contributed by atoms with Crippen molar-refractivity contribution in [2.45, 2.75) is 16.6 Å². The molecule has 2 aromatic rings. The molecule has 0 spiro atoms. The van der Waals surface area contributed by atoms with Crippen molar-refractivity contribution >= 4 is 23.7 Å². The third-order valence-electron chi connectivity index (χ3n) is 3.97. The summed E-state index contributed by atoms with van der Waals surface area (Å²) in [6.07, 6.45) is 2.70. The first-order valence-corrected chi connectivity index (χ1v) is 8.65. The smallest absolute Gasteiger partial charge is 0.335 e. The Morgan fingerprint density at radius 2 is 1.80 bits per heavy atom. The van der Waals surface area contributed by atoms with Gasteiger partial charge in [0.05, 0.1) is 11.8 Å². The molecule has 2 unspecified atom stereocenters. The Kier molecular flexibility index (Phi) is 4.92. The number of carboxylic acids is 1. The van der Waals surface area contributed by atoms with Crippen LogP contribution in [-0.4, -0.2) is 27.4 Å². The second-order valence-corrected chi connectivity index (χ2v) is 6.72. The second-order valence-electron chi connectivity index (χ2n) is 5.62. The summed E-state index contributed by atoms with van der Waals surface area (Å²) in [5.74, 6) is -1.07. The number of aromatic carboxylic acids is 1. The molecule has 0 fully saturated rings. The van der Waals surface area contributed by atoms with Crippen molar-refractivity contribution in [2.75, 3.05) is 0 Å². The minimum Gasteiger partial charge on any atom is -0.478 e. The highest BCUT2D eigenvalue weighted by atomic mass is 32.2. The highest BCUT2D eigenvalue weighted by Crippen LogP contribution is 2.38. The average molecular weight is 356 g/mol. The van der Waals surface area contributed by atoms with Crippen LogP contribution in [0, 0.1) is 0 Å². The van der Waals surface area contributed by atoms with Crippen LogP contribution in [0.3, 0.4) is 0 Å². The van der Waals surface area contributed by atoms with Crippen LogP contribution in [-0.2, 0) is 20.9 Å². The number of carbonyl (C=O) groups is 2. The Labute approximate surface area is 148 Å². The van der Waals surface area contributed by atoms with E-state index < -0.39 is 22.8 Å². The topological polar surface area (TPSA) is 83.8 Å². The summed E-state index contributed by atoms with van der Waals surface area (Å²) in [6, 6.07) is 15.4. The number of thioether (sulfide) groups is 1. The SMILES string of the molecule is O=C(O)c1ccc(CSC2C(=O)OC=CC2(O)c2ccccc2)cc1. The lowest BCUT2D eigenvalue weighted by atomic mass is 9.89. The number of hydrogen-bond donors (Lipinski definition) is 2. The van der Waals surface area contributed by atoms with Crippen LogP contribution in [0.25, 0.3) is 0 Å². The predicted molar refractivity (Wildman–Crippen MR) is 94.1 cm³/mol. The molecule has 2 N–H and O–H groups in total. The van der Waals surface area contributed by atoms with Crippen LogP contribution in [0.4, 0.5) is 0 Å². The van der Waals surface area contributed by atoms with Gasteiger partial charge in [0.25, 0.3) is 0 Å². The first kappa shape index (κ1) is 17.3. The van der Waals surface area contributed by atoms with Crippen LogP contribution < -0.4 is 0 Å². The average Bonchev–Trinajstić information content (AvgIpc) is 2.62. The van der Waals surface area contributed by atoms with Gasteiger partial charge in [0.2, 0.25) is 0 Å². The summed E-state index contributed by atoms with van der Waals surface area (Å²) < 4.78 is 4.97. The van der Waals surface area contributed by atoms with Gasteiger partial charge in [-0.25, -0.2) is 4.79 Å². The zero-order valence-electron chi connectivity index (χ0n) is 13.2. The number of benzene rings is 2. The molecule has 0 saturated heterocycles. The molecule has 1 aliphatic heterocycles. The van der Waals surface area contributed by atoms with E-state index in [0.29, 0.717) is 11.3 Å². The third kappa shape index (κ3) is 3.60. The Morgan fingerprint density at radius 3 is 2.44 bits per heavy atom. The van der Waals surface area contributed by atoms with Gasteiger partial charge in [-0.2, -0.15) is 0 Å².